The van der Waals surface area contributed by atoms with E-state index in [0.717, 1.165) is 25.7 Å². The maximum absolute atomic E-state index is 12.6. The summed E-state index contributed by atoms with van der Waals surface area (Å²) in [5, 5.41) is 2.75. The molecular formula is C19H22N2O4S. The van der Waals surface area contributed by atoms with Crippen molar-refractivity contribution in [3.05, 3.63) is 54.1 Å². The molecule has 26 heavy (non-hydrogen) atoms. The molecule has 138 valence electrons. The minimum atomic E-state index is -3.64. The van der Waals surface area contributed by atoms with Gasteiger partial charge in [0.2, 0.25) is 10.0 Å². The summed E-state index contributed by atoms with van der Waals surface area (Å²) in [6.07, 6.45) is 3.78. The molecule has 0 aromatic heterocycles. The lowest BCUT2D eigenvalue weighted by Gasteiger charge is -2.13. The number of anilines is 1. The Morgan fingerprint density at radius 2 is 1.81 bits per heavy atom. The molecule has 3 rings (SSSR count). The molecule has 0 unspecified atom stereocenters. The van der Waals surface area contributed by atoms with Gasteiger partial charge in [0, 0.05) is 11.6 Å². The summed E-state index contributed by atoms with van der Waals surface area (Å²) < 4.78 is 33.1. The third kappa shape index (κ3) is 4.23. The van der Waals surface area contributed by atoms with E-state index in [4.69, 9.17) is 4.74 Å². The van der Waals surface area contributed by atoms with Crippen LogP contribution in [0.2, 0.25) is 0 Å². The number of carbonyl (C=O) groups is 1. The van der Waals surface area contributed by atoms with Gasteiger partial charge in [0.1, 0.15) is 5.75 Å². The number of hydrogen-bond donors (Lipinski definition) is 2. The maximum atomic E-state index is 12.6. The number of sulfonamides is 1. The van der Waals surface area contributed by atoms with Gasteiger partial charge < -0.3 is 10.1 Å². The number of methoxy groups -OCH3 is 1. The van der Waals surface area contributed by atoms with Crippen LogP contribution in [-0.4, -0.2) is 27.5 Å². The van der Waals surface area contributed by atoms with Gasteiger partial charge in [-0.25, -0.2) is 13.1 Å². The molecular weight excluding hydrogens is 352 g/mol. The van der Waals surface area contributed by atoms with Gasteiger partial charge in [-0.05, 0) is 43.2 Å². The van der Waals surface area contributed by atoms with Gasteiger partial charge in [-0.1, -0.05) is 31.0 Å². The van der Waals surface area contributed by atoms with E-state index in [1.165, 1.54) is 19.2 Å². The zero-order chi connectivity index (χ0) is 18.6. The standard InChI is InChI=1S/C19H22N2O4S/c1-25-18-12-5-4-11-17(18)20-19(22)14-7-6-10-16(13-14)26(23,24)21-15-8-2-3-9-15/h4-7,10-13,15,21H,2-3,8-9H2,1H3,(H,20,22). The van der Waals surface area contributed by atoms with E-state index in [0.29, 0.717) is 11.4 Å². The first-order valence-electron chi connectivity index (χ1n) is 8.56. The van der Waals surface area contributed by atoms with Crippen molar-refractivity contribution in [1.29, 1.82) is 0 Å². The number of carbonyl (C=O) groups excluding carboxylic acids is 1. The van der Waals surface area contributed by atoms with Crippen molar-refractivity contribution in [3.63, 3.8) is 0 Å². The minimum Gasteiger partial charge on any atom is -0.495 e. The summed E-state index contributed by atoms with van der Waals surface area (Å²) in [7, 11) is -2.12. The topological polar surface area (TPSA) is 84.5 Å². The molecule has 1 saturated carbocycles. The lowest BCUT2D eigenvalue weighted by molar-refractivity contribution is 0.102. The average molecular weight is 374 g/mol. The highest BCUT2D eigenvalue weighted by Gasteiger charge is 2.23. The molecule has 0 heterocycles. The molecule has 7 heteroatoms. The van der Waals surface area contributed by atoms with Gasteiger partial charge >= 0.3 is 0 Å². The number of benzene rings is 2. The zero-order valence-electron chi connectivity index (χ0n) is 14.6. The molecule has 0 saturated heterocycles. The number of ether oxygens (including phenoxy) is 1. The molecule has 6 nitrogen and oxygen atoms in total. The van der Waals surface area contributed by atoms with Crippen molar-refractivity contribution >= 4 is 21.6 Å². The van der Waals surface area contributed by atoms with Crippen molar-refractivity contribution in [2.75, 3.05) is 12.4 Å². The number of hydrogen-bond acceptors (Lipinski definition) is 4. The van der Waals surface area contributed by atoms with Gasteiger partial charge in [-0.2, -0.15) is 0 Å². The Morgan fingerprint density at radius 3 is 2.54 bits per heavy atom. The third-order valence-electron chi connectivity index (χ3n) is 4.44. The Kier molecular flexibility index (Phi) is 5.58. The van der Waals surface area contributed by atoms with E-state index in [2.05, 4.69) is 10.0 Å². The van der Waals surface area contributed by atoms with Gasteiger partial charge in [0.15, 0.2) is 0 Å². The van der Waals surface area contributed by atoms with Crippen molar-refractivity contribution in [3.8, 4) is 5.75 Å². The summed E-state index contributed by atoms with van der Waals surface area (Å²) in [4.78, 5) is 12.6. The second-order valence-corrected chi connectivity index (χ2v) is 8.00. The first kappa shape index (κ1) is 18.4. The molecule has 2 aromatic carbocycles. The first-order valence-corrected chi connectivity index (χ1v) is 10.0. The Labute approximate surface area is 153 Å². The van der Waals surface area contributed by atoms with Gasteiger partial charge in [0.05, 0.1) is 17.7 Å². The zero-order valence-corrected chi connectivity index (χ0v) is 15.4. The third-order valence-corrected chi connectivity index (χ3v) is 5.96. The quantitative estimate of drug-likeness (QED) is 0.813. The highest BCUT2D eigenvalue weighted by Crippen LogP contribution is 2.24. The highest BCUT2D eigenvalue weighted by atomic mass is 32.2. The average Bonchev–Trinajstić information content (AvgIpc) is 3.14. The fourth-order valence-electron chi connectivity index (χ4n) is 3.08. The Bertz CT molecular complexity index is 890. The molecule has 0 aliphatic heterocycles. The minimum absolute atomic E-state index is 0.0222. The van der Waals surface area contributed by atoms with Crippen LogP contribution >= 0.6 is 0 Å². The van der Waals surface area contributed by atoms with Crippen LogP contribution in [0.25, 0.3) is 0 Å². The number of rotatable bonds is 6. The fraction of sp³-hybridized carbons (Fsp3) is 0.316. The Balaban J connectivity index is 1.79. The van der Waals surface area contributed by atoms with E-state index in [1.807, 2.05) is 0 Å². The normalized spacial score (nSPS) is 15.0. The van der Waals surface area contributed by atoms with Crippen LogP contribution in [0.4, 0.5) is 5.69 Å². The molecule has 0 bridgehead atoms. The molecule has 1 aliphatic carbocycles. The van der Waals surface area contributed by atoms with Crippen molar-refractivity contribution < 1.29 is 17.9 Å². The van der Waals surface area contributed by atoms with Crippen LogP contribution in [0.15, 0.2) is 53.4 Å². The fourth-order valence-corrected chi connectivity index (χ4v) is 4.43. The SMILES string of the molecule is COc1ccccc1NC(=O)c1cccc(S(=O)(=O)NC2CCCC2)c1. The molecule has 1 fully saturated rings. The summed E-state index contributed by atoms with van der Waals surface area (Å²) in [5.41, 5.74) is 0.794. The van der Waals surface area contributed by atoms with E-state index < -0.39 is 15.9 Å². The number of nitrogens with one attached hydrogen (secondary N) is 2. The predicted molar refractivity (Wildman–Crippen MR) is 100.0 cm³/mol. The molecule has 1 aliphatic rings. The van der Waals surface area contributed by atoms with Crippen LogP contribution in [0.1, 0.15) is 36.0 Å². The smallest absolute Gasteiger partial charge is 0.255 e. The Hall–Kier alpha value is -2.38. The molecule has 0 radical (unpaired) electrons. The van der Waals surface area contributed by atoms with E-state index >= 15 is 0 Å². The second kappa shape index (κ2) is 7.88. The largest absolute Gasteiger partial charge is 0.495 e. The van der Waals surface area contributed by atoms with E-state index in [-0.39, 0.29) is 16.5 Å². The number of amides is 1. The van der Waals surface area contributed by atoms with Crippen LogP contribution in [0, 0.1) is 0 Å². The van der Waals surface area contributed by atoms with Gasteiger partial charge in [0.25, 0.3) is 5.91 Å². The summed E-state index contributed by atoms with van der Waals surface area (Å²) in [6, 6.07) is 13.1. The van der Waals surface area contributed by atoms with Crippen molar-refractivity contribution in [2.24, 2.45) is 0 Å². The monoisotopic (exact) mass is 374 g/mol. The molecule has 0 atom stereocenters. The summed E-state index contributed by atoms with van der Waals surface area (Å²) >= 11 is 0. The van der Waals surface area contributed by atoms with Gasteiger partial charge in [-0.3, -0.25) is 4.79 Å². The second-order valence-electron chi connectivity index (χ2n) is 6.28. The Morgan fingerprint density at radius 1 is 1.08 bits per heavy atom. The lowest BCUT2D eigenvalue weighted by atomic mass is 10.2. The predicted octanol–water partition coefficient (Wildman–Crippen LogP) is 3.17. The lowest BCUT2D eigenvalue weighted by Crippen LogP contribution is -2.32. The van der Waals surface area contributed by atoms with E-state index in [1.54, 1.807) is 36.4 Å². The molecule has 2 N–H and O–H groups in total. The summed E-state index contributed by atoms with van der Waals surface area (Å²) in [5.74, 6) is 0.139. The van der Waals surface area contributed by atoms with Crippen LogP contribution < -0.4 is 14.8 Å². The van der Waals surface area contributed by atoms with Crippen LogP contribution in [0.3, 0.4) is 0 Å². The van der Waals surface area contributed by atoms with Crippen LogP contribution in [0.5, 0.6) is 5.75 Å². The van der Waals surface area contributed by atoms with Crippen molar-refractivity contribution in [1.82, 2.24) is 4.72 Å². The molecule has 0 spiro atoms. The summed E-state index contributed by atoms with van der Waals surface area (Å²) in [6.45, 7) is 0. The van der Waals surface area contributed by atoms with E-state index in [9.17, 15) is 13.2 Å². The van der Waals surface area contributed by atoms with Crippen molar-refractivity contribution in [2.45, 2.75) is 36.6 Å². The maximum Gasteiger partial charge on any atom is 0.255 e. The first-order chi connectivity index (χ1) is 12.5. The number of para-hydroxylation sites is 2. The highest BCUT2D eigenvalue weighted by molar-refractivity contribution is 7.89. The molecule has 1 amide bonds. The van der Waals surface area contributed by atoms with Crippen LogP contribution in [-0.2, 0) is 10.0 Å². The van der Waals surface area contributed by atoms with Gasteiger partial charge in [-0.15, -0.1) is 0 Å². The molecule has 2 aromatic rings.